The molecule has 1 unspecified atom stereocenters. The Morgan fingerprint density at radius 2 is 1.84 bits per heavy atom. The first-order chi connectivity index (χ1) is 9.15. The average molecular weight is 271 g/mol. The van der Waals surface area contributed by atoms with Gasteiger partial charge in [0.05, 0.1) is 7.11 Å². The maximum atomic E-state index is 11.9. The first kappa shape index (κ1) is 17.9. The van der Waals surface area contributed by atoms with E-state index in [1.165, 1.54) is 7.11 Å². The minimum Gasteiger partial charge on any atom is -0.469 e. The van der Waals surface area contributed by atoms with Crippen LogP contribution < -0.4 is 5.32 Å². The van der Waals surface area contributed by atoms with Gasteiger partial charge in [0, 0.05) is 18.9 Å². The molecule has 1 N–H and O–H groups in total. The largest absolute Gasteiger partial charge is 0.469 e. The quantitative estimate of drug-likeness (QED) is 0.464. The van der Waals surface area contributed by atoms with Crippen LogP contribution in [0.4, 0.5) is 0 Å². The minimum atomic E-state index is -0.158. The fourth-order valence-corrected chi connectivity index (χ4v) is 2.00. The Kier molecular flexibility index (Phi) is 11.3. The predicted octanol–water partition coefficient (Wildman–Crippen LogP) is 3.05. The van der Waals surface area contributed by atoms with Crippen LogP contribution >= 0.6 is 0 Å². The van der Waals surface area contributed by atoms with E-state index in [-0.39, 0.29) is 17.8 Å². The first-order valence-electron chi connectivity index (χ1n) is 7.50. The molecule has 0 rings (SSSR count). The lowest BCUT2D eigenvalue weighted by Gasteiger charge is -2.14. The van der Waals surface area contributed by atoms with Gasteiger partial charge in [0.2, 0.25) is 5.91 Å². The summed E-state index contributed by atoms with van der Waals surface area (Å²) in [6.07, 6.45) is 7.32. The van der Waals surface area contributed by atoms with E-state index in [0.717, 1.165) is 44.9 Å². The molecule has 0 bridgehead atoms. The van der Waals surface area contributed by atoms with Crippen LogP contribution in [0, 0.1) is 5.92 Å². The normalized spacial score (nSPS) is 11.9. The van der Waals surface area contributed by atoms with Gasteiger partial charge in [-0.05, 0) is 25.7 Å². The molecule has 1 atom stereocenters. The van der Waals surface area contributed by atoms with Gasteiger partial charge in [-0.1, -0.05) is 33.1 Å². The van der Waals surface area contributed by atoms with E-state index in [4.69, 9.17) is 0 Å². The van der Waals surface area contributed by atoms with Crippen LogP contribution in [0.1, 0.15) is 65.2 Å². The van der Waals surface area contributed by atoms with Gasteiger partial charge in [0.15, 0.2) is 0 Å². The summed E-state index contributed by atoms with van der Waals surface area (Å²) in [6, 6.07) is 0. The number of amides is 1. The molecule has 0 radical (unpaired) electrons. The SMILES string of the molecule is CCCCC(CC)C(=O)NCCCCCC(=O)OC. The standard InChI is InChI=1S/C15H29NO3/c1-4-6-10-13(5-2)15(18)16-12-9-7-8-11-14(17)19-3/h13H,4-12H2,1-3H3,(H,16,18). The van der Waals surface area contributed by atoms with Gasteiger partial charge in [-0.3, -0.25) is 9.59 Å². The van der Waals surface area contributed by atoms with Crippen molar-refractivity contribution >= 4 is 11.9 Å². The van der Waals surface area contributed by atoms with Crippen LogP contribution in [-0.2, 0) is 14.3 Å². The Hall–Kier alpha value is -1.06. The van der Waals surface area contributed by atoms with E-state index in [1.807, 2.05) is 0 Å². The molecule has 0 fully saturated rings. The van der Waals surface area contributed by atoms with E-state index in [2.05, 4.69) is 23.9 Å². The highest BCUT2D eigenvalue weighted by Gasteiger charge is 2.14. The van der Waals surface area contributed by atoms with E-state index in [1.54, 1.807) is 0 Å². The maximum absolute atomic E-state index is 11.9. The Morgan fingerprint density at radius 1 is 1.11 bits per heavy atom. The Labute approximate surface area is 117 Å². The van der Waals surface area contributed by atoms with Gasteiger partial charge in [-0.25, -0.2) is 0 Å². The molecule has 0 aromatic heterocycles. The smallest absolute Gasteiger partial charge is 0.305 e. The third kappa shape index (κ3) is 9.51. The predicted molar refractivity (Wildman–Crippen MR) is 76.8 cm³/mol. The number of hydrogen-bond donors (Lipinski definition) is 1. The zero-order chi connectivity index (χ0) is 14.5. The summed E-state index contributed by atoms with van der Waals surface area (Å²) in [5, 5.41) is 2.99. The van der Waals surface area contributed by atoms with Crippen LogP contribution in [0.3, 0.4) is 0 Å². The van der Waals surface area contributed by atoms with Crippen molar-refractivity contribution in [2.45, 2.75) is 65.2 Å². The number of unbranched alkanes of at least 4 members (excludes halogenated alkanes) is 3. The number of hydrogen-bond acceptors (Lipinski definition) is 3. The number of carbonyl (C=O) groups excluding carboxylic acids is 2. The van der Waals surface area contributed by atoms with Crippen molar-refractivity contribution in [1.29, 1.82) is 0 Å². The third-order valence-corrected chi connectivity index (χ3v) is 3.35. The van der Waals surface area contributed by atoms with Crippen molar-refractivity contribution in [2.75, 3.05) is 13.7 Å². The zero-order valence-corrected chi connectivity index (χ0v) is 12.7. The fourth-order valence-electron chi connectivity index (χ4n) is 2.00. The second-order valence-corrected chi connectivity index (χ2v) is 4.93. The summed E-state index contributed by atoms with van der Waals surface area (Å²) in [6.45, 7) is 4.92. The molecule has 0 aromatic carbocycles. The molecular weight excluding hydrogens is 242 g/mol. The van der Waals surface area contributed by atoms with Crippen molar-refractivity contribution in [3.05, 3.63) is 0 Å². The minimum absolute atomic E-state index is 0.158. The highest BCUT2D eigenvalue weighted by atomic mass is 16.5. The lowest BCUT2D eigenvalue weighted by Crippen LogP contribution is -2.31. The van der Waals surface area contributed by atoms with Crippen molar-refractivity contribution < 1.29 is 14.3 Å². The van der Waals surface area contributed by atoms with Gasteiger partial charge >= 0.3 is 5.97 Å². The Morgan fingerprint density at radius 3 is 2.42 bits per heavy atom. The van der Waals surface area contributed by atoms with Crippen LogP contribution in [0.5, 0.6) is 0 Å². The topological polar surface area (TPSA) is 55.4 Å². The summed E-state index contributed by atoms with van der Waals surface area (Å²) in [5.74, 6) is 0.189. The Bertz CT molecular complexity index is 254. The average Bonchev–Trinajstić information content (AvgIpc) is 2.43. The van der Waals surface area contributed by atoms with Crippen molar-refractivity contribution in [3.63, 3.8) is 0 Å². The number of nitrogens with one attached hydrogen (secondary N) is 1. The molecule has 1 amide bonds. The lowest BCUT2D eigenvalue weighted by atomic mass is 9.98. The molecule has 0 saturated carbocycles. The van der Waals surface area contributed by atoms with Crippen LogP contribution in [-0.4, -0.2) is 25.5 Å². The van der Waals surface area contributed by atoms with Gasteiger partial charge < -0.3 is 10.1 Å². The summed E-state index contributed by atoms with van der Waals surface area (Å²) >= 11 is 0. The van der Waals surface area contributed by atoms with Crippen molar-refractivity contribution in [2.24, 2.45) is 5.92 Å². The van der Waals surface area contributed by atoms with Crippen LogP contribution in [0.2, 0.25) is 0 Å². The Balaban J connectivity index is 3.58. The number of carbonyl (C=O) groups is 2. The van der Waals surface area contributed by atoms with Gasteiger partial charge in [0.1, 0.15) is 0 Å². The molecule has 0 aliphatic heterocycles. The van der Waals surface area contributed by atoms with E-state index >= 15 is 0 Å². The first-order valence-corrected chi connectivity index (χ1v) is 7.50. The monoisotopic (exact) mass is 271 g/mol. The second-order valence-electron chi connectivity index (χ2n) is 4.93. The van der Waals surface area contributed by atoms with E-state index < -0.39 is 0 Å². The van der Waals surface area contributed by atoms with E-state index in [9.17, 15) is 9.59 Å². The molecule has 0 heterocycles. The van der Waals surface area contributed by atoms with E-state index in [0.29, 0.717) is 13.0 Å². The van der Waals surface area contributed by atoms with Crippen molar-refractivity contribution in [3.8, 4) is 0 Å². The van der Waals surface area contributed by atoms with Crippen LogP contribution in [0.25, 0.3) is 0 Å². The molecule has 0 aliphatic rings. The molecule has 0 saturated heterocycles. The highest BCUT2D eigenvalue weighted by molar-refractivity contribution is 5.78. The maximum Gasteiger partial charge on any atom is 0.305 e. The lowest BCUT2D eigenvalue weighted by molar-refractivity contribution is -0.140. The second kappa shape index (κ2) is 12.0. The molecule has 0 spiro atoms. The zero-order valence-electron chi connectivity index (χ0n) is 12.7. The molecular formula is C15H29NO3. The molecule has 19 heavy (non-hydrogen) atoms. The molecule has 0 aliphatic carbocycles. The van der Waals surface area contributed by atoms with Crippen LogP contribution in [0.15, 0.2) is 0 Å². The number of esters is 1. The fraction of sp³-hybridized carbons (Fsp3) is 0.867. The number of rotatable bonds is 11. The van der Waals surface area contributed by atoms with Gasteiger partial charge in [-0.15, -0.1) is 0 Å². The summed E-state index contributed by atoms with van der Waals surface area (Å²) in [4.78, 5) is 22.8. The number of methoxy groups -OCH3 is 1. The molecule has 4 nitrogen and oxygen atoms in total. The molecule has 112 valence electrons. The van der Waals surface area contributed by atoms with Gasteiger partial charge in [0.25, 0.3) is 0 Å². The molecule has 4 heteroatoms. The van der Waals surface area contributed by atoms with Gasteiger partial charge in [-0.2, -0.15) is 0 Å². The third-order valence-electron chi connectivity index (χ3n) is 3.35. The summed E-state index contributed by atoms with van der Waals surface area (Å²) in [5.41, 5.74) is 0. The summed E-state index contributed by atoms with van der Waals surface area (Å²) in [7, 11) is 1.41. The highest BCUT2D eigenvalue weighted by Crippen LogP contribution is 2.12. The molecule has 0 aromatic rings. The summed E-state index contributed by atoms with van der Waals surface area (Å²) < 4.78 is 4.57. The van der Waals surface area contributed by atoms with Crippen molar-refractivity contribution in [1.82, 2.24) is 5.32 Å². The number of ether oxygens (including phenoxy) is 1.